The molecule has 0 aliphatic heterocycles. The summed E-state index contributed by atoms with van der Waals surface area (Å²) in [5.41, 5.74) is -2.39. The third-order valence-electron chi connectivity index (χ3n) is 4.80. The largest absolute Gasteiger partial charge is 0.496 e. The zero-order valence-electron chi connectivity index (χ0n) is 13.4. The Balaban J connectivity index is 2.05. The number of Topliss-reactive ketones (excluding diaryl/α,β-unsaturated/α-hetero) is 4. The minimum absolute atomic E-state index is 0.0821. The van der Waals surface area contributed by atoms with Crippen molar-refractivity contribution in [1.29, 1.82) is 0 Å². The maximum atomic E-state index is 13.2. The lowest BCUT2D eigenvalue weighted by atomic mass is 9.77. The molecule has 0 saturated heterocycles. The van der Waals surface area contributed by atoms with Crippen molar-refractivity contribution < 1.29 is 28.7 Å². The van der Waals surface area contributed by atoms with Gasteiger partial charge in [-0.1, -0.05) is 24.3 Å². The average molecular weight is 336 g/mol. The molecular formula is C19H12O6. The summed E-state index contributed by atoms with van der Waals surface area (Å²) in [5, 5.41) is 0. The summed E-state index contributed by atoms with van der Waals surface area (Å²) in [6.45, 7) is 0. The highest BCUT2D eigenvalue weighted by Gasteiger charge is 2.68. The second-order valence-corrected chi connectivity index (χ2v) is 5.83. The van der Waals surface area contributed by atoms with Crippen molar-refractivity contribution in [3.63, 3.8) is 0 Å². The van der Waals surface area contributed by atoms with Gasteiger partial charge in [-0.3, -0.25) is 19.2 Å². The van der Waals surface area contributed by atoms with E-state index in [0.717, 1.165) is 0 Å². The van der Waals surface area contributed by atoms with Gasteiger partial charge in [-0.2, -0.15) is 0 Å². The highest BCUT2D eigenvalue weighted by atomic mass is 16.5. The van der Waals surface area contributed by atoms with Gasteiger partial charge >= 0.3 is 0 Å². The molecule has 6 nitrogen and oxygen atoms in total. The van der Waals surface area contributed by atoms with Gasteiger partial charge in [0.2, 0.25) is 5.41 Å². The summed E-state index contributed by atoms with van der Waals surface area (Å²) < 4.78 is 10.3. The van der Waals surface area contributed by atoms with E-state index in [2.05, 4.69) is 0 Å². The molecule has 0 aromatic heterocycles. The van der Waals surface area contributed by atoms with Crippen LogP contribution in [-0.2, 0) is 0 Å². The van der Waals surface area contributed by atoms with E-state index in [9.17, 15) is 19.2 Å². The zero-order chi connectivity index (χ0) is 17.9. The molecule has 1 spiro atoms. The predicted molar refractivity (Wildman–Crippen MR) is 85.7 cm³/mol. The van der Waals surface area contributed by atoms with Crippen LogP contribution in [0.3, 0.4) is 0 Å². The summed E-state index contributed by atoms with van der Waals surface area (Å²) in [5.74, 6) is -3.03. The maximum absolute atomic E-state index is 13.2. The van der Waals surface area contributed by atoms with E-state index in [-0.39, 0.29) is 33.8 Å². The fourth-order valence-electron chi connectivity index (χ4n) is 3.63. The molecule has 2 aromatic rings. The Hall–Kier alpha value is -3.28. The second-order valence-electron chi connectivity index (χ2n) is 5.83. The first-order valence-corrected chi connectivity index (χ1v) is 7.53. The van der Waals surface area contributed by atoms with Crippen molar-refractivity contribution in [2.75, 3.05) is 14.2 Å². The van der Waals surface area contributed by atoms with Crippen LogP contribution in [0.4, 0.5) is 0 Å². The molecular weight excluding hydrogens is 324 g/mol. The molecule has 0 N–H and O–H groups in total. The van der Waals surface area contributed by atoms with Crippen LogP contribution in [0.25, 0.3) is 0 Å². The second kappa shape index (κ2) is 4.86. The molecule has 124 valence electrons. The Labute approximate surface area is 142 Å². The number of ketones is 4. The highest BCUT2D eigenvalue weighted by Crippen LogP contribution is 2.51. The third-order valence-corrected chi connectivity index (χ3v) is 4.80. The van der Waals surface area contributed by atoms with E-state index in [0.29, 0.717) is 0 Å². The van der Waals surface area contributed by atoms with Crippen molar-refractivity contribution >= 4 is 23.1 Å². The summed E-state index contributed by atoms with van der Waals surface area (Å²) >= 11 is 0. The van der Waals surface area contributed by atoms with Crippen molar-refractivity contribution in [2.45, 2.75) is 0 Å². The normalized spacial score (nSPS) is 17.0. The van der Waals surface area contributed by atoms with Crippen molar-refractivity contribution in [2.24, 2.45) is 5.41 Å². The van der Waals surface area contributed by atoms with E-state index in [1.165, 1.54) is 38.5 Å². The number of hydrogen-bond acceptors (Lipinski definition) is 6. The fourth-order valence-corrected chi connectivity index (χ4v) is 3.63. The standard InChI is InChI=1S/C19H12O6/c1-24-11-7-8-12(25-2)14-13(11)17(22)19(18(14)23)15(20)9-5-3-4-6-10(9)16(19)21/h3-8H,1-2H3. The average Bonchev–Trinajstić information content (AvgIpc) is 3.02. The Bertz CT molecular complexity index is 921. The summed E-state index contributed by atoms with van der Waals surface area (Å²) in [6.07, 6.45) is 0. The van der Waals surface area contributed by atoms with Crippen LogP contribution in [0.15, 0.2) is 36.4 Å². The molecule has 0 unspecified atom stereocenters. The number of ether oxygens (including phenoxy) is 2. The lowest BCUT2D eigenvalue weighted by Gasteiger charge is -2.15. The summed E-state index contributed by atoms with van der Waals surface area (Å²) in [7, 11) is 2.69. The monoisotopic (exact) mass is 336 g/mol. The Morgan fingerprint density at radius 1 is 0.640 bits per heavy atom. The molecule has 0 fully saturated rings. The molecule has 0 radical (unpaired) electrons. The number of hydrogen-bond donors (Lipinski definition) is 0. The first kappa shape index (κ1) is 15.3. The van der Waals surface area contributed by atoms with Gasteiger partial charge in [0.25, 0.3) is 0 Å². The van der Waals surface area contributed by atoms with Crippen LogP contribution in [0, 0.1) is 5.41 Å². The molecule has 0 bridgehead atoms. The lowest BCUT2D eigenvalue weighted by molar-refractivity contribution is 0.0586. The third kappa shape index (κ3) is 1.54. The van der Waals surface area contributed by atoms with Gasteiger partial charge < -0.3 is 9.47 Å². The molecule has 25 heavy (non-hydrogen) atoms. The topological polar surface area (TPSA) is 86.7 Å². The van der Waals surface area contributed by atoms with Gasteiger partial charge in [-0.15, -0.1) is 0 Å². The maximum Gasteiger partial charge on any atom is 0.222 e. The van der Waals surface area contributed by atoms with Crippen LogP contribution in [0.1, 0.15) is 41.4 Å². The minimum atomic E-state index is -2.39. The number of carbonyl (C=O) groups is 4. The first-order valence-electron chi connectivity index (χ1n) is 7.53. The van der Waals surface area contributed by atoms with Crippen LogP contribution < -0.4 is 9.47 Å². The van der Waals surface area contributed by atoms with Gasteiger partial charge in [0.15, 0.2) is 23.1 Å². The lowest BCUT2D eigenvalue weighted by Crippen LogP contribution is -2.44. The van der Waals surface area contributed by atoms with E-state index < -0.39 is 28.5 Å². The van der Waals surface area contributed by atoms with Gasteiger partial charge in [0.1, 0.15) is 11.5 Å². The number of methoxy groups -OCH3 is 2. The molecule has 0 heterocycles. The Kier molecular flexibility index (Phi) is 2.97. The first-order chi connectivity index (χ1) is 12.0. The Morgan fingerprint density at radius 3 is 1.40 bits per heavy atom. The van der Waals surface area contributed by atoms with Gasteiger partial charge in [0.05, 0.1) is 25.3 Å². The smallest absolute Gasteiger partial charge is 0.222 e. The van der Waals surface area contributed by atoms with E-state index in [4.69, 9.17) is 9.47 Å². The van der Waals surface area contributed by atoms with Crippen molar-refractivity contribution in [3.8, 4) is 11.5 Å². The molecule has 6 heteroatoms. The highest BCUT2D eigenvalue weighted by molar-refractivity contribution is 6.57. The van der Waals surface area contributed by atoms with Crippen molar-refractivity contribution in [1.82, 2.24) is 0 Å². The molecule has 2 aliphatic rings. The molecule has 0 saturated carbocycles. The summed E-state index contributed by atoms with van der Waals surface area (Å²) in [4.78, 5) is 52.3. The number of benzene rings is 2. The Morgan fingerprint density at radius 2 is 1.04 bits per heavy atom. The number of rotatable bonds is 2. The van der Waals surface area contributed by atoms with E-state index in [1.807, 2.05) is 0 Å². The van der Waals surface area contributed by atoms with Crippen LogP contribution in [-0.4, -0.2) is 37.4 Å². The van der Waals surface area contributed by atoms with E-state index in [1.54, 1.807) is 12.1 Å². The molecule has 2 aliphatic carbocycles. The quantitative estimate of drug-likeness (QED) is 0.781. The SMILES string of the molecule is COc1ccc(OC)c2c1C(=O)C1(C(=O)c3ccccc3C1=O)C2=O. The van der Waals surface area contributed by atoms with Crippen LogP contribution in [0.5, 0.6) is 11.5 Å². The fraction of sp³-hybridized carbons (Fsp3) is 0.158. The molecule has 2 aromatic carbocycles. The minimum Gasteiger partial charge on any atom is -0.496 e. The van der Waals surface area contributed by atoms with Gasteiger partial charge in [-0.25, -0.2) is 0 Å². The van der Waals surface area contributed by atoms with Crippen LogP contribution in [0.2, 0.25) is 0 Å². The van der Waals surface area contributed by atoms with Crippen molar-refractivity contribution in [3.05, 3.63) is 58.7 Å². The summed E-state index contributed by atoms with van der Waals surface area (Å²) in [6, 6.07) is 9.00. The number of fused-ring (bicyclic) bond motifs is 2. The molecule has 4 rings (SSSR count). The van der Waals surface area contributed by atoms with Gasteiger partial charge in [0, 0.05) is 11.1 Å². The van der Waals surface area contributed by atoms with E-state index >= 15 is 0 Å². The molecule has 0 atom stereocenters. The van der Waals surface area contributed by atoms with Crippen LogP contribution >= 0.6 is 0 Å². The number of carbonyl (C=O) groups excluding carboxylic acids is 4. The zero-order valence-corrected chi connectivity index (χ0v) is 13.4. The van der Waals surface area contributed by atoms with Gasteiger partial charge in [-0.05, 0) is 12.1 Å². The molecule has 0 amide bonds. The predicted octanol–water partition coefficient (Wildman–Crippen LogP) is 2.15.